The van der Waals surface area contributed by atoms with Crippen LogP contribution in [-0.2, 0) is 13.6 Å². The zero-order valence-electron chi connectivity index (χ0n) is 11.4. The van der Waals surface area contributed by atoms with E-state index in [9.17, 15) is 0 Å². The highest BCUT2D eigenvalue weighted by molar-refractivity contribution is 9.10. The Labute approximate surface area is 121 Å². The van der Waals surface area contributed by atoms with E-state index in [0.717, 1.165) is 40.4 Å². The molecular weight excluding hydrogens is 306 g/mol. The second kappa shape index (κ2) is 6.21. The van der Waals surface area contributed by atoms with Gasteiger partial charge < -0.3 is 10.1 Å². The van der Waals surface area contributed by atoms with Crippen molar-refractivity contribution in [1.82, 2.24) is 15.1 Å². The van der Waals surface area contributed by atoms with Gasteiger partial charge in [0, 0.05) is 18.1 Å². The van der Waals surface area contributed by atoms with Gasteiger partial charge in [-0.1, -0.05) is 28.9 Å². The van der Waals surface area contributed by atoms with Crippen molar-refractivity contribution in [3.05, 3.63) is 40.0 Å². The van der Waals surface area contributed by atoms with E-state index in [0.29, 0.717) is 0 Å². The maximum Gasteiger partial charge on any atom is 0.222 e. The Balaban J connectivity index is 2.28. The molecule has 0 saturated heterocycles. The van der Waals surface area contributed by atoms with Crippen molar-refractivity contribution < 1.29 is 4.74 Å². The number of nitrogens with zero attached hydrogens (tertiary/aromatic N) is 2. The van der Waals surface area contributed by atoms with Gasteiger partial charge in [0.05, 0.1) is 11.3 Å². The van der Waals surface area contributed by atoms with Crippen molar-refractivity contribution in [1.29, 1.82) is 0 Å². The number of ether oxygens (including phenoxy) is 1. The molecule has 0 aliphatic heterocycles. The van der Waals surface area contributed by atoms with E-state index in [4.69, 9.17) is 4.74 Å². The lowest BCUT2D eigenvalue weighted by atomic mass is 10.2. The first-order valence-electron chi connectivity index (χ1n) is 6.28. The predicted octanol–water partition coefficient (Wildman–Crippen LogP) is 3.39. The predicted molar refractivity (Wildman–Crippen MR) is 79.5 cm³/mol. The number of aryl methyl sites for hydroxylation is 2. The Kier molecular flexibility index (Phi) is 4.61. The molecule has 0 aliphatic rings. The minimum atomic E-state index is 0.763. The van der Waals surface area contributed by atoms with Crippen molar-refractivity contribution in [2.45, 2.75) is 20.4 Å². The minimum Gasteiger partial charge on any atom is -0.439 e. The standard InChI is InChI=1S/C14H18BrN3O/c1-4-16-9-13-10(2)17-18(3)14(13)19-12-7-5-6-11(15)8-12/h5-8,16H,4,9H2,1-3H3. The number of hydrogen-bond acceptors (Lipinski definition) is 3. The summed E-state index contributed by atoms with van der Waals surface area (Å²) in [4.78, 5) is 0. The van der Waals surface area contributed by atoms with Gasteiger partial charge in [-0.3, -0.25) is 0 Å². The summed E-state index contributed by atoms with van der Waals surface area (Å²) in [6.07, 6.45) is 0. The van der Waals surface area contributed by atoms with E-state index in [-0.39, 0.29) is 0 Å². The van der Waals surface area contributed by atoms with E-state index in [1.165, 1.54) is 0 Å². The molecule has 0 atom stereocenters. The van der Waals surface area contributed by atoms with Gasteiger partial charge in [0.1, 0.15) is 5.75 Å². The topological polar surface area (TPSA) is 39.1 Å². The molecule has 1 heterocycles. The number of aromatic nitrogens is 2. The fourth-order valence-electron chi connectivity index (χ4n) is 1.90. The summed E-state index contributed by atoms with van der Waals surface area (Å²) in [5.41, 5.74) is 2.10. The molecule has 0 spiro atoms. The Morgan fingerprint density at radius 3 is 2.89 bits per heavy atom. The van der Waals surface area contributed by atoms with E-state index < -0.39 is 0 Å². The fourth-order valence-corrected chi connectivity index (χ4v) is 2.28. The molecule has 0 saturated carbocycles. The van der Waals surface area contributed by atoms with Gasteiger partial charge in [0.15, 0.2) is 0 Å². The summed E-state index contributed by atoms with van der Waals surface area (Å²) < 4.78 is 8.75. The molecule has 5 heteroatoms. The number of halogens is 1. The second-order valence-electron chi connectivity index (χ2n) is 4.33. The van der Waals surface area contributed by atoms with Crippen LogP contribution in [0.5, 0.6) is 11.6 Å². The lowest BCUT2D eigenvalue weighted by molar-refractivity contribution is 0.424. The van der Waals surface area contributed by atoms with Gasteiger partial charge in [-0.25, -0.2) is 4.68 Å². The molecule has 1 aromatic carbocycles. The van der Waals surface area contributed by atoms with Crippen LogP contribution in [0.3, 0.4) is 0 Å². The highest BCUT2D eigenvalue weighted by atomic mass is 79.9. The van der Waals surface area contributed by atoms with Crippen LogP contribution in [0.2, 0.25) is 0 Å². The van der Waals surface area contributed by atoms with Crippen LogP contribution in [0.25, 0.3) is 0 Å². The summed E-state index contributed by atoms with van der Waals surface area (Å²) >= 11 is 3.44. The van der Waals surface area contributed by atoms with E-state index >= 15 is 0 Å². The van der Waals surface area contributed by atoms with Crippen molar-refractivity contribution in [3.63, 3.8) is 0 Å². The molecule has 0 unspecified atom stereocenters. The zero-order chi connectivity index (χ0) is 13.8. The molecule has 2 aromatic rings. The first-order chi connectivity index (χ1) is 9.11. The molecule has 19 heavy (non-hydrogen) atoms. The van der Waals surface area contributed by atoms with Gasteiger partial charge in [0.25, 0.3) is 0 Å². The molecule has 0 aliphatic carbocycles. The van der Waals surface area contributed by atoms with Gasteiger partial charge in [-0.2, -0.15) is 5.10 Å². The monoisotopic (exact) mass is 323 g/mol. The van der Waals surface area contributed by atoms with Gasteiger partial charge >= 0.3 is 0 Å². The number of nitrogens with one attached hydrogen (secondary N) is 1. The normalized spacial score (nSPS) is 10.7. The molecule has 2 rings (SSSR count). The van der Waals surface area contributed by atoms with Crippen LogP contribution in [0.1, 0.15) is 18.2 Å². The van der Waals surface area contributed by atoms with Crippen LogP contribution >= 0.6 is 15.9 Å². The lowest BCUT2D eigenvalue weighted by Crippen LogP contribution is -2.12. The SMILES string of the molecule is CCNCc1c(C)nn(C)c1Oc1cccc(Br)c1. The third-order valence-corrected chi connectivity index (χ3v) is 3.34. The summed E-state index contributed by atoms with van der Waals surface area (Å²) in [5, 5.41) is 7.74. The highest BCUT2D eigenvalue weighted by Crippen LogP contribution is 2.28. The van der Waals surface area contributed by atoms with E-state index in [2.05, 4.69) is 33.3 Å². The number of hydrogen-bond donors (Lipinski definition) is 1. The minimum absolute atomic E-state index is 0.763. The maximum absolute atomic E-state index is 5.97. The van der Waals surface area contributed by atoms with Crippen molar-refractivity contribution in [2.24, 2.45) is 7.05 Å². The first kappa shape index (κ1) is 14.1. The summed E-state index contributed by atoms with van der Waals surface area (Å²) in [6, 6.07) is 7.80. The second-order valence-corrected chi connectivity index (χ2v) is 5.25. The lowest BCUT2D eigenvalue weighted by Gasteiger charge is -2.09. The zero-order valence-corrected chi connectivity index (χ0v) is 13.0. The van der Waals surface area contributed by atoms with Gasteiger partial charge in [-0.15, -0.1) is 0 Å². The molecule has 102 valence electrons. The average Bonchev–Trinajstić information content (AvgIpc) is 2.62. The first-order valence-corrected chi connectivity index (χ1v) is 7.07. The van der Waals surface area contributed by atoms with E-state index in [1.807, 2.05) is 38.2 Å². The maximum atomic E-state index is 5.97. The Bertz CT molecular complexity index is 566. The van der Waals surface area contributed by atoms with Crippen molar-refractivity contribution in [3.8, 4) is 11.6 Å². The van der Waals surface area contributed by atoms with Crippen molar-refractivity contribution in [2.75, 3.05) is 6.54 Å². The van der Waals surface area contributed by atoms with Crippen LogP contribution in [0.15, 0.2) is 28.7 Å². The van der Waals surface area contributed by atoms with Gasteiger partial charge in [0.2, 0.25) is 5.88 Å². The van der Waals surface area contributed by atoms with Crippen LogP contribution in [0, 0.1) is 6.92 Å². The average molecular weight is 324 g/mol. The van der Waals surface area contributed by atoms with Crippen LogP contribution in [-0.4, -0.2) is 16.3 Å². The largest absolute Gasteiger partial charge is 0.439 e. The number of rotatable bonds is 5. The molecule has 0 bridgehead atoms. The smallest absolute Gasteiger partial charge is 0.222 e. The molecule has 0 amide bonds. The summed E-state index contributed by atoms with van der Waals surface area (Å²) in [7, 11) is 1.90. The molecule has 0 radical (unpaired) electrons. The van der Waals surface area contributed by atoms with Gasteiger partial charge in [-0.05, 0) is 31.7 Å². The number of benzene rings is 1. The quantitative estimate of drug-likeness (QED) is 0.916. The summed E-state index contributed by atoms with van der Waals surface area (Å²) in [6.45, 7) is 5.77. The third-order valence-electron chi connectivity index (χ3n) is 2.85. The van der Waals surface area contributed by atoms with E-state index in [1.54, 1.807) is 4.68 Å². The Hall–Kier alpha value is -1.33. The molecule has 0 fully saturated rings. The molecule has 1 N–H and O–H groups in total. The summed E-state index contributed by atoms with van der Waals surface area (Å²) in [5.74, 6) is 1.59. The fraction of sp³-hybridized carbons (Fsp3) is 0.357. The Morgan fingerprint density at radius 1 is 1.42 bits per heavy atom. The molecule has 1 aromatic heterocycles. The van der Waals surface area contributed by atoms with Crippen LogP contribution in [0.4, 0.5) is 0 Å². The van der Waals surface area contributed by atoms with Crippen molar-refractivity contribution >= 4 is 15.9 Å². The Morgan fingerprint density at radius 2 is 2.21 bits per heavy atom. The molecular formula is C14H18BrN3O. The highest BCUT2D eigenvalue weighted by Gasteiger charge is 2.15. The molecule has 4 nitrogen and oxygen atoms in total. The van der Waals surface area contributed by atoms with Crippen LogP contribution < -0.4 is 10.1 Å². The third kappa shape index (κ3) is 3.36.